The Bertz CT molecular complexity index is 4310. The van der Waals surface area contributed by atoms with Crippen molar-refractivity contribution in [3.63, 3.8) is 0 Å². The van der Waals surface area contributed by atoms with E-state index in [9.17, 15) is 19.7 Å². The molecule has 370 valence electrons. The van der Waals surface area contributed by atoms with E-state index in [4.69, 9.17) is 15.7 Å². The molecular formula is C60H42FN15O. The lowest BCUT2D eigenvalue weighted by Gasteiger charge is -2.10. The van der Waals surface area contributed by atoms with Crippen molar-refractivity contribution in [3.8, 4) is 79.7 Å². The molecule has 12 aromatic rings. The summed E-state index contributed by atoms with van der Waals surface area (Å²) in [4.78, 5) is 51.5. The number of primary amides is 1. The topological polar surface area (TPSA) is 220 Å². The Morgan fingerprint density at radius 3 is 1.30 bits per heavy atom. The molecule has 12 aromatic heterocycles. The number of carbonyl (C=O) groups is 1. The van der Waals surface area contributed by atoms with E-state index in [1.807, 2.05) is 104 Å². The van der Waals surface area contributed by atoms with Gasteiger partial charge in [0.1, 0.15) is 46.2 Å². The summed E-state index contributed by atoms with van der Waals surface area (Å²) in [6.45, 7) is 0. The predicted octanol–water partition coefficient (Wildman–Crippen LogP) is 11.1. The molecular weight excluding hydrogens is 966 g/mol. The molecule has 14 rings (SSSR count). The molecule has 0 radical (unpaired) electrons. The number of pyridine rings is 9. The van der Waals surface area contributed by atoms with Crippen LogP contribution in [0.25, 0.3) is 84.5 Å². The Labute approximate surface area is 439 Å². The second kappa shape index (κ2) is 20.3. The van der Waals surface area contributed by atoms with Crippen molar-refractivity contribution in [3.05, 3.63) is 218 Å². The maximum Gasteiger partial charge on any atom is 0.267 e. The van der Waals surface area contributed by atoms with Crippen LogP contribution in [0.15, 0.2) is 183 Å². The first-order valence-corrected chi connectivity index (χ1v) is 24.8. The maximum absolute atomic E-state index is 13.5. The fraction of sp³-hybridized carbons (Fsp3) is 0.100. The van der Waals surface area contributed by atoms with E-state index in [2.05, 4.69) is 65.2 Å². The summed E-state index contributed by atoms with van der Waals surface area (Å²) < 4.78 is 18.7. The number of amides is 1. The highest BCUT2D eigenvalue weighted by molar-refractivity contribution is 5.92. The van der Waals surface area contributed by atoms with Crippen molar-refractivity contribution in [1.29, 1.82) is 10.5 Å². The minimum atomic E-state index is -0.555. The zero-order valence-corrected chi connectivity index (χ0v) is 40.9. The van der Waals surface area contributed by atoms with Gasteiger partial charge >= 0.3 is 0 Å². The molecule has 77 heavy (non-hydrogen) atoms. The van der Waals surface area contributed by atoms with E-state index in [1.54, 1.807) is 56.2 Å². The number of halogens is 1. The second-order valence-electron chi connectivity index (χ2n) is 18.4. The highest BCUT2D eigenvalue weighted by Gasteiger charge is 2.27. The molecule has 0 unspecified atom stereocenters. The van der Waals surface area contributed by atoms with Gasteiger partial charge in [-0.2, -0.15) is 14.9 Å². The number of fused-ring (bicyclic) bond motifs is 3. The van der Waals surface area contributed by atoms with Crippen LogP contribution in [0.2, 0.25) is 0 Å². The molecule has 0 atom stereocenters. The van der Waals surface area contributed by atoms with Gasteiger partial charge in [-0.3, -0.25) is 42.9 Å². The number of nitrogens with two attached hydrogens (primary N) is 1. The van der Waals surface area contributed by atoms with Crippen LogP contribution in [0.4, 0.5) is 4.39 Å². The van der Waals surface area contributed by atoms with E-state index in [1.165, 1.54) is 44.1 Å². The zero-order chi connectivity index (χ0) is 52.4. The third-order valence-corrected chi connectivity index (χ3v) is 13.3. The summed E-state index contributed by atoms with van der Waals surface area (Å²) in [7, 11) is 0. The fourth-order valence-electron chi connectivity index (χ4n) is 9.21. The molecule has 2 saturated carbocycles. The van der Waals surface area contributed by atoms with Gasteiger partial charge < -0.3 is 5.73 Å². The molecule has 2 N–H and O–H groups in total. The van der Waals surface area contributed by atoms with Crippen LogP contribution >= 0.6 is 0 Å². The van der Waals surface area contributed by atoms with E-state index in [0.29, 0.717) is 51.6 Å². The van der Waals surface area contributed by atoms with Crippen molar-refractivity contribution >= 4 is 22.8 Å². The SMILES string of the molecule is N#Cc1cnc2ccc(-c3cccnc3-c3cccc(C4CC4)n3)cn12.N#Cc1cnc2ccc(-c3cccnc3-c3cccc(F)n3)cn12.NC(=O)c1cnc2ccc(-c3cccnc3-c3cccc(C4CC4)n3)cn12. The Kier molecular flexibility index (Phi) is 12.5. The van der Waals surface area contributed by atoms with Crippen molar-refractivity contribution in [2.24, 2.45) is 5.73 Å². The highest BCUT2D eigenvalue weighted by atomic mass is 19.1. The Morgan fingerprint density at radius 2 is 0.883 bits per heavy atom. The first-order chi connectivity index (χ1) is 37.8. The van der Waals surface area contributed by atoms with Gasteiger partial charge in [0.05, 0.1) is 52.8 Å². The third kappa shape index (κ3) is 9.71. The number of nitriles is 2. The maximum atomic E-state index is 13.5. The number of aromatic nitrogens is 12. The Hall–Kier alpha value is -10.7. The molecule has 2 aliphatic rings. The number of rotatable bonds is 9. The molecule has 0 bridgehead atoms. The summed E-state index contributed by atoms with van der Waals surface area (Å²) >= 11 is 0. The van der Waals surface area contributed by atoms with Gasteiger partial charge in [-0.15, -0.1) is 0 Å². The van der Waals surface area contributed by atoms with Gasteiger partial charge in [0.2, 0.25) is 5.95 Å². The van der Waals surface area contributed by atoms with Gasteiger partial charge in [0, 0.05) is 93.8 Å². The summed E-state index contributed by atoms with van der Waals surface area (Å²) in [6, 6.07) is 44.2. The number of nitrogens with zero attached hydrogens (tertiary/aromatic N) is 14. The lowest BCUT2D eigenvalue weighted by Crippen LogP contribution is -2.13. The quantitative estimate of drug-likeness (QED) is 0.133. The van der Waals surface area contributed by atoms with E-state index < -0.39 is 11.9 Å². The predicted molar refractivity (Wildman–Crippen MR) is 287 cm³/mol. The smallest absolute Gasteiger partial charge is 0.267 e. The largest absolute Gasteiger partial charge is 0.364 e. The van der Waals surface area contributed by atoms with Crippen LogP contribution in [-0.2, 0) is 0 Å². The summed E-state index contributed by atoms with van der Waals surface area (Å²) in [5.41, 5.74) is 21.1. The number of imidazole rings is 3. The van der Waals surface area contributed by atoms with Crippen LogP contribution in [-0.4, -0.2) is 64.0 Å². The Morgan fingerprint density at radius 1 is 0.481 bits per heavy atom. The van der Waals surface area contributed by atoms with Gasteiger partial charge in [-0.25, -0.2) is 19.9 Å². The van der Waals surface area contributed by atoms with Crippen molar-refractivity contribution in [2.45, 2.75) is 37.5 Å². The zero-order valence-electron chi connectivity index (χ0n) is 40.9. The van der Waals surface area contributed by atoms with Crippen molar-refractivity contribution in [1.82, 2.24) is 58.1 Å². The van der Waals surface area contributed by atoms with Crippen molar-refractivity contribution < 1.29 is 9.18 Å². The van der Waals surface area contributed by atoms with Crippen LogP contribution in [0.5, 0.6) is 0 Å². The van der Waals surface area contributed by atoms with Gasteiger partial charge in [-0.05, 0) is 117 Å². The van der Waals surface area contributed by atoms with Gasteiger partial charge in [0.15, 0.2) is 0 Å². The minimum absolute atomic E-state index is 0.353. The summed E-state index contributed by atoms with van der Waals surface area (Å²) in [5, 5.41) is 18.4. The monoisotopic (exact) mass is 1010 g/mol. The molecule has 12 heterocycles. The average molecular weight is 1010 g/mol. The lowest BCUT2D eigenvalue weighted by atomic mass is 10.0. The second-order valence-corrected chi connectivity index (χ2v) is 18.4. The van der Waals surface area contributed by atoms with E-state index >= 15 is 0 Å². The third-order valence-electron chi connectivity index (χ3n) is 13.3. The molecule has 0 aliphatic heterocycles. The first kappa shape index (κ1) is 47.4. The van der Waals surface area contributed by atoms with Crippen LogP contribution in [0.1, 0.15) is 70.8 Å². The molecule has 0 saturated heterocycles. The normalized spacial score (nSPS) is 12.8. The summed E-state index contributed by atoms with van der Waals surface area (Å²) in [6.07, 6.45) is 20.3. The number of carbonyl (C=O) groups excluding carboxylic acids is 1. The van der Waals surface area contributed by atoms with Gasteiger partial charge in [-0.1, -0.05) is 36.4 Å². The molecule has 16 nitrogen and oxygen atoms in total. The standard InChI is InChI=1S/C21H17N5O.C21H15N5.C18H10FN5/c22-21(27)18-11-24-19-9-8-14(12-26(18)19)15-3-2-10-23-20(15)17-5-1-4-16(25-17)13-6-7-13;22-11-16-12-24-20-9-8-15(13-26(16)20)17-3-2-10-23-21(17)19-5-1-4-18(25-19)14-6-7-14;19-16-5-1-4-15(23-16)18-14(3-2-8-21-18)12-6-7-17-22-10-13(9-20)24(17)11-12/h1-5,8-13H,6-7H2,(H2,22,27);1-5,8-10,12-14H,6-7H2;1-8,10-11H. The fourth-order valence-corrected chi connectivity index (χ4v) is 9.21. The minimum Gasteiger partial charge on any atom is -0.364 e. The Balaban J connectivity index is 0.000000116. The van der Waals surface area contributed by atoms with Crippen molar-refractivity contribution in [2.75, 3.05) is 0 Å². The van der Waals surface area contributed by atoms with E-state index in [0.717, 1.165) is 73.2 Å². The lowest BCUT2D eigenvalue weighted by molar-refractivity contribution is 0.0994. The van der Waals surface area contributed by atoms with E-state index in [-0.39, 0.29) is 0 Å². The molecule has 1 amide bonds. The van der Waals surface area contributed by atoms with Crippen LogP contribution < -0.4 is 5.73 Å². The molecule has 2 aliphatic carbocycles. The molecule has 0 aromatic carbocycles. The number of hydrogen-bond acceptors (Lipinski definition) is 12. The van der Waals surface area contributed by atoms with Crippen LogP contribution in [0.3, 0.4) is 0 Å². The molecule has 17 heteroatoms. The van der Waals surface area contributed by atoms with Crippen LogP contribution in [0, 0.1) is 28.6 Å². The average Bonchev–Trinajstić information content (AvgIpc) is 4.42. The van der Waals surface area contributed by atoms with Gasteiger partial charge in [0.25, 0.3) is 5.91 Å². The molecule has 2 fully saturated rings. The number of hydrogen-bond donors (Lipinski definition) is 1. The highest BCUT2D eigenvalue weighted by Crippen LogP contribution is 2.41. The first-order valence-electron chi connectivity index (χ1n) is 24.8. The summed E-state index contributed by atoms with van der Waals surface area (Å²) in [5.74, 6) is 0.117. The molecule has 0 spiro atoms.